The highest BCUT2D eigenvalue weighted by Gasteiger charge is 2.46. The number of hydrogen-bond donors (Lipinski definition) is 2. The standard InChI is InChI=1S/C33H38N4O7/c1-20(34-33(43)44-19-25-23-11-4-2-9-21(23)22-10-3-5-12-24(22)25)29(38)35-16-6-13-26(35)30(39)36-17-7-14-27(36)31(40)37-18-8-15-28(37)32(41)42/h2-5,9-12,20,25-28H,6-8,13-19H2,1H3,(H,34,43)(H,41,42)/t20-,26-,27-,28-/m0/s1. The van der Waals surface area contributed by atoms with E-state index in [-0.39, 0.29) is 30.2 Å². The van der Waals surface area contributed by atoms with Crippen LogP contribution in [-0.4, -0.2) is 100.0 Å². The summed E-state index contributed by atoms with van der Waals surface area (Å²) in [5.74, 6) is -2.16. The summed E-state index contributed by atoms with van der Waals surface area (Å²) >= 11 is 0. The summed E-state index contributed by atoms with van der Waals surface area (Å²) in [6.07, 6.45) is 2.49. The first-order valence-corrected chi connectivity index (χ1v) is 15.5. The van der Waals surface area contributed by atoms with Crippen LogP contribution in [0.15, 0.2) is 48.5 Å². The average Bonchev–Trinajstić information content (AvgIpc) is 3.84. The third kappa shape index (κ3) is 5.39. The molecule has 3 aliphatic heterocycles. The Hall–Kier alpha value is -4.41. The highest BCUT2D eigenvalue weighted by molar-refractivity contribution is 5.95. The predicted molar refractivity (Wildman–Crippen MR) is 160 cm³/mol. The number of carbonyl (C=O) groups excluding carboxylic acids is 4. The number of likely N-dealkylation sites (tertiary alicyclic amines) is 3. The van der Waals surface area contributed by atoms with Crippen LogP contribution in [0.5, 0.6) is 0 Å². The number of nitrogens with zero attached hydrogens (tertiary/aromatic N) is 3. The number of carbonyl (C=O) groups is 5. The molecule has 2 aromatic rings. The number of rotatable bonds is 7. The molecule has 0 saturated carbocycles. The number of benzene rings is 2. The Labute approximate surface area is 256 Å². The van der Waals surface area contributed by atoms with Crippen molar-refractivity contribution in [2.45, 2.75) is 75.5 Å². The van der Waals surface area contributed by atoms with E-state index in [0.29, 0.717) is 58.2 Å². The highest BCUT2D eigenvalue weighted by atomic mass is 16.5. The zero-order chi connectivity index (χ0) is 31.0. The molecule has 2 aromatic carbocycles. The quantitative estimate of drug-likeness (QED) is 0.497. The van der Waals surface area contributed by atoms with Crippen molar-refractivity contribution >= 4 is 29.8 Å². The summed E-state index contributed by atoms with van der Waals surface area (Å²) in [5.41, 5.74) is 4.42. The van der Waals surface area contributed by atoms with Crippen molar-refractivity contribution in [1.29, 1.82) is 0 Å². The van der Waals surface area contributed by atoms with Gasteiger partial charge in [0, 0.05) is 25.6 Å². The molecular formula is C33H38N4O7. The van der Waals surface area contributed by atoms with Gasteiger partial charge in [-0.25, -0.2) is 9.59 Å². The molecule has 3 saturated heterocycles. The van der Waals surface area contributed by atoms with E-state index in [4.69, 9.17) is 4.74 Å². The fourth-order valence-corrected chi connectivity index (χ4v) is 7.37. The van der Waals surface area contributed by atoms with Crippen molar-refractivity contribution in [3.8, 4) is 11.1 Å². The first kappa shape index (κ1) is 29.7. The normalized spacial score (nSPS) is 23.3. The lowest BCUT2D eigenvalue weighted by molar-refractivity contribution is -0.153. The van der Waals surface area contributed by atoms with Gasteiger partial charge in [0.2, 0.25) is 17.7 Å². The molecule has 4 atom stereocenters. The molecule has 11 heteroatoms. The van der Waals surface area contributed by atoms with Crippen LogP contribution >= 0.6 is 0 Å². The Balaban J connectivity index is 1.06. The third-order valence-electron chi connectivity index (χ3n) is 9.51. The molecule has 0 radical (unpaired) electrons. The van der Waals surface area contributed by atoms with Crippen molar-refractivity contribution in [2.75, 3.05) is 26.2 Å². The molecule has 0 spiro atoms. The summed E-state index contributed by atoms with van der Waals surface area (Å²) < 4.78 is 5.61. The number of fused-ring (bicyclic) bond motifs is 3. The summed E-state index contributed by atoms with van der Waals surface area (Å²) in [6, 6.07) is 12.8. The van der Waals surface area contributed by atoms with Gasteiger partial charge in [-0.05, 0) is 67.7 Å². The topological polar surface area (TPSA) is 137 Å². The van der Waals surface area contributed by atoms with Gasteiger partial charge >= 0.3 is 12.1 Å². The molecule has 0 unspecified atom stereocenters. The van der Waals surface area contributed by atoms with E-state index in [2.05, 4.69) is 17.4 Å². The molecule has 232 valence electrons. The van der Waals surface area contributed by atoms with Crippen LogP contribution in [0.4, 0.5) is 4.79 Å². The SMILES string of the molecule is C[C@H](NC(=O)OCC1c2ccccc2-c2ccccc21)C(=O)N1CCC[C@H]1C(=O)N1CCC[C@H]1C(=O)N1CCC[C@H]1C(=O)O. The fraction of sp³-hybridized carbons (Fsp3) is 0.485. The first-order valence-electron chi connectivity index (χ1n) is 15.5. The van der Waals surface area contributed by atoms with E-state index in [1.54, 1.807) is 6.92 Å². The van der Waals surface area contributed by atoms with Crippen LogP contribution in [0.2, 0.25) is 0 Å². The van der Waals surface area contributed by atoms with Crippen LogP contribution in [-0.2, 0) is 23.9 Å². The number of carboxylic acids is 1. The lowest BCUT2D eigenvalue weighted by Crippen LogP contribution is -2.56. The number of ether oxygens (including phenoxy) is 1. The smallest absolute Gasteiger partial charge is 0.407 e. The Bertz CT molecular complexity index is 1430. The highest BCUT2D eigenvalue weighted by Crippen LogP contribution is 2.44. The molecule has 6 rings (SSSR count). The number of alkyl carbamates (subject to hydrolysis) is 1. The second-order valence-electron chi connectivity index (χ2n) is 12.1. The average molecular weight is 603 g/mol. The van der Waals surface area contributed by atoms with E-state index in [1.165, 1.54) is 14.7 Å². The van der Waals surface area contributed by atoms with Crippen molar-refractivity contribution in [1.82, 2.24) is 20.0 Å². The fourth-order valence-electron chi connectivity index (χ4n) is 7.37. The van der Waals surface area contributed by atoms with Crippen LogP contribution in [0.3, 0.4) is 0 Å². The molecule has 4 aliphatic rings. The van der Waals surface area contributed by atoms with Crippen molar-refractivity contribution in [2.24, 2.45) is 0 Å². The van der Waals surface area contributed by atoms with Gasteiger partial charge in [-0.15, -0.1) is 0 Å². The first-order chi connectivity index (χ1) is 21.3. The molecule has 3 fully saturated rings. The Kier molecular flexibility index (Phi) is 8.29. The second kappa shape index (κ2) is 12.3. The number of hydrogen-bond acceptors (Lipinski definition) is 6. The third-order valence-corrected chi connectivity index (χ3v) is 9.51. The largest absolute Gasteiger partial charge is 0.480 e. The van der Waals surface area contributed by atoms with E-state index in [9.17, 15) is 29.1 Å². The van der Waals surface area contributed by atoms with Crippen molar-refractivity contribution in [3.05, 3.63) is 59.7 Å². The number of carboxylic acid groups (broad SMARTS) is 1. The Morgan fingerprint density at radius 2 is 1.25 bits per heavy atom. The lowest BCUT2D eigenvalue weighted by Gasteiger charge is -2.34. The minimum Gasteiger partial charge on any atom is -0.480 e. The van der Waals surface area contributed by atoms with Crippen molar-refractivity contribution < 1.29 is 33.8 Å². The van der Waals surface area contributed by atoms with Crippen LogP contribution < -0.4 is 5.32 Å². The van der Waals surface area contributed by atoms with Gasteiger partial charge in [-0.1, -0.05) is 48.5 Å². The molecule has 3 heterocycles. The minimum absolute atomic E-state index is 0.109. The molecule has 0 bridgehead atoms. The van der Waals surface area contributed by atoms with E-state index in [1.807, 2.05) is 36.4 Å². The van der Waals surface area contributed by atoms with E-state index >= 15 is 0 Å². The predicted octanol–water partition coefficient (Wildman–Crippen LogP) is 2.97. The van der Waals surface area contributed by atoms with E-state index in [0.717, 1.165) is 22.3 Å². The molecule has 2 N–H and O–H groups in total. The van der Waals surface area contributed by atoms with Gasteiger partial charge in [-0.3, -0.25) is 14.4 Å². The Morgan fingerprint density at radius 1 is 0.773 bits per heavy atom. The van der Waals surface area contributed by atoms with Gasteiger partial charge < -0.3 is 29.9 Å². The molecule has 44 heavy (non-hydrogen) atoms. The molecule has 11 nitrogen and oxygen atoms in total. The van der Waals surface area contributed by atoms with E-state index < -0.39 is 36.2 Å². The number of amides is 4. The maximum atomic E-state index is 13.7. The Morgan fingerprint density at radius 3 is 1.82 bits per heavy atom. The second-order valence-corrected chi connectivity index (χ2v) is 12.1. The number of aliphatic carboxylic acids is 1. The molecular weight excluding hydrogens is 564 g/mol. The summed E-state index contributed by atoms with van der Waals surface area (Å²) in [7, 11) is 0. The van der Waals surface area contributed by atoms with Gasteiger partial charge in [0.05, 0.1) is 0 Å². The van der Waals surface area contributed by atoms with Gasteiger partial charge in [0.15, 0.2) is 0 Å². The summed E-state index contributed by atoms with van der Waals surface area (Å²) in [5, 5.41) is 12.2. The van der Waals surface area contributed by atoms with Crippen LogP contribution in [0.25, 0.3) is 11.1 Å². The van der Waals surface area contributed by atoms with Gasteiger partial charge in [-0.2, -0.15) is 0 Å². The number of nitrogens with one attached hydrogen (secondary N) is 1. The summed E-state index contributed by atoms with van der Waals surface area (Å²) in [4.78, 5) is 69.5. The summed E-state index contributed by atoms with van der Waals surface area (Å²) in [6.45, 7) is 2.81. The molecule has 1 aliphatic carbocycles. The van der Waals surface area contributed by atoms with Gasteiger partial charge in [0.1, 0.15) is 30.8 Å². The van der Waals surface area contributed by atoms with Crippen LogP contribution in [0.1, 0.15) is 62.5 Å². The monoisotopic (exact) mass is 602 g/mol. The maximum Gasteiger partial charge on any atom is 0.407 e. The van der Waals surface area contributed by atoms with Crippen LogP contribution in [0, 0.1) is 0 Å². The molecule has 4 amide bonds. The molecule has 0 aromatic heterocycles. The minimum atomic E-state index is -1.03. The zero-order valence-electron chi connectivity index (χ0n) is 24.8. The maximum absolute atomic E-state index is 13.7. The van der Waals surface area contributed by atoms with Gasteiger partial charge in [0.25, 0.3) is 0 Å². The lowest BCUT2D eigenvalue weighted by atomic mass is 9.98. The zero-order valence-corrected chi connectivity index (χ0v) is 24.8. The van der Waals surface area contributed by atoms with Crippen molar-refractivity contribution in [3.63, 3.8) is 0 Å².